The second kappa shape index (κ2) is 9.94. The second-order valence-electron chi connectivity index (χ2n) is 11.7. The molecule has 2 aliphatic carbocycles. The first kappa shape index (κ1) is 27.1. The number of nitrogens with one attached hydrogen (secondary N) is 1. The van der Waals surface area contributed by atoms with Crippen molar-refractivity contribution >= 4 is 29.3 Å². The monoisotopic (exact) mass is 553 g/mol. The quantitative estimate of drug-likeness (QED) is 0.516. The van der Waals surface area contributed by atoms with Gasteiger partial charge < -0.3 is 14.8 Å². The van der Waals surface area contributed by atoms with Crippen LogP contribution in [0.1, 0.15) is 49.4 Å². The minimum absolute atomic E-state index is 0.0263. The van der Waals surface area contributed by atoms with E-state index in [0.29, 0.717) is 33.8 Å². The Morgan fingerprint density at radius 3 is 2.62 bits per heavy atom. The van der Waals surface area contributed by atoms with Crippen molar-refractivity contribution in [3.8, 4) is 17.2 Å². The van der Waals surface area contributed by atoms with Gasteiger partial charge in [-0.05, 0) is 85.1 Å². The minimum Gasteiger partial charge on any atom is -0.465 e. The summed E-state index contributed by atoms with van der Waals surface area (Å²) in [5, 5.41) is 14.3. The van der Waals surface area contributed by atoms with Gasteiger partial charge in [0.1, 0.15) is 28.4 Å². The Balaban J connectivity index is 1.29. The van der Waals surface area contributed by atoms with Crippen LogP contribution in [0.15, 0.2) is 29.6 Å². The van der Waals surface area contributed by atoms with Gasteiger partial charge in [0, 0.05) is 12.5 Å². The number of carbonyl (C=O) groups excluding carboxylic acids is 3. The molecule has 8 nitrogen and oxygen atoms in total. The van der Waals surface area contributed by atoms with Crippen molar-refractivity contribution in [3.63, 3.8) is 0 Å². The average molecular weight is 554 g/mol. The molecule has 5 rings (SSSR count). The Labute approximate surface area is 231 Å². The summed E-state index contributed by atoms with van der Waals surface area (Å²) in [5.74, 6) is -0.116. The zero-order valence-corrected chi connectivity index (χ0v) is 23.4. The number of nitrogens with zero attached hydrogens (tertiary/aromatic N) is 2. The number of hydrogen-bond donors (Lipinski definition) is 1. The first-order valence-corrected chi connectivity index (χ1v) is 14.0. The number of rotatable bonds is 6. The van der Waals surface area contributed by atoms with Crippen LogP contribution < -0.4 is 5.32 Å². The van der Waals surface area contributed by atoms with Gasteiger partial charge in [-0.3, -0.25) is 9.69 Å². The van der Waals surface area contributed by atoms with Crippen LogP contribution in [0.5, 0.6) is 0 Å². The Morgan fingerprint density at radius 2 is 1.97 bits per heavy atom. The lowest BCUT2D eigenvalue weighted by molar-refractivity contribution is -0.128. The van der Waals surface area contributed by atoms with E-state index >= 15 is 4.39 Å². The summed E-state index contributed by atoms with van der Waals surface area (Å²) in [6.07, 6.45) is 0.220. The Morgan fingerprint density at radius 1 is 1.23 bits per heavy atom. The molecule has 0 radical (unpaired) electrons. The smallest absolute Gasteiger partial charge is 0.411 e. The molecule has 3 fully saturated rings. The first-order chi connectivity index (χ1) is 18.4. The molecule has 2 bridgehead atoms. The summed E-state index contributed by atoms with van der Waals surface area (Å²) in [6, 6.07) is 6.64. The summed E-state index contributed by atoms with van der Waals surface area (Å²) in [7, 11) is 1.30. The maximum absolute atomic E-state index is 15.1. The number of benzene rings is 1. The number of carbonyl (C=O) groups is 3. The zero-order valence-electron chi connectivity index (χ0n) is 22.6. The number of ether oxygens (including phenoxy) is 2. The summed E-state index contributed by atoms with van der Waals surface area (Å²) >= 11 is 1.21. The highest BCUT2D eigenvalue weighted by Crippen LogP contribution is 2.67. The number of nitriles is 1. The predicted octanol–water partition coefficient (Wildman–Crippen LogP) is 4.78. The number of piperidine rings is 1. The van der Waals surface area contributed by atoms with Gasteiger partial charge in [0.25, 0.3) is 0 Å². The van der Waals surface area contributed by atoms with E-state index in [0.717, 1.165) is 6.42 Å². The van der Waals surface area contributed by atoms with E-state index in [-0.39, 0.29) is 23.9 Å². The molecule has 2 amide bonds. The van der Waals surface area contributed by atoms with Gasteiger partial charge in [0.05, 0.1) is 13.2 Å². The molecule has 1 aliphatic heterocycles. The molecule has 206 valence electrons. The highest BCUT2D eigenvalue weighted by molar-refractivity contribution is 7.12. The molecule has 1 saturated heterocycles. The van der Waals surface area contributed by atoms with E-state index in [1.54, 1.807) is 49.3 Å². The lowest BCUT2D eigenvalue weighted by atomic mass is 9.94. The van der Waals surface area contributed by atoms with Crippen molar-refractivity contribution in [1.82, 2.24) is 10.2 Å². The van der Waals surface area contributed by atoms with E-state index in [9.17, 15) is 19.6 Å². The third-order valence-electron chi connectivity index (χ3n) is 8.17. The molecule has 1 aromatic carbocycles. The molecule has 1 N–H and O–H groups in total. The maximum Gasteiger partial charge on any atom is 0.411 e. The van der Waals surface area contributed by atoms with Crippen LogP contribution >= 0.6 is 11.3 Å². The normalized spacial score (nSPS) is 27.4. The van der Waals surface area contributed by atoms with E-state index in [2.05, 4.69) is 18.3 Å². The topological polar surface area (TPSA) is 109 Å². The van der Waals surface area contributed by atoms with Crippen LogP contribution in [0.4, 0.5) is 9.18 Å². The molecule has 1 aromatic heterocycles. The third kappa shape index (κ3) is 5.00. The minimum atomic E-state index is -0.975. The molecule has 3 aliphatic rings. The van der Waals surface area contributed by atoms with E-state index in [1.807, 2.05) is 0 Å². The van der Waals surface area contributed by atoms with Crippen LogP contribution in [0.2, 0.25) is 0 Å². The van der Waals surface area contributed by atoms with Gasteiger partial charge in [0.15, 0.2) is 0 Å². The fourth-order valence-corrected chi connectivity index (χ4v) is 7.36. The number of amides is 2. The van der Waals surface area contributed by atoms with Crippen molar-refractivity contribution in [2.45, 2.75) is 64.3 Å². The number of hydrogen-bond acceptors (Lipinski definition) is 7. The zero-order chi connectivity index (χ0) is 28.2. The number of likely N-dealkylation sites (tertiary alicyclic amines) is 1. The van der Waals surface area contributed by atoms with Crippen LogP contribution in [-0.4, -0.2) is 53.7 Å². The second-order valence-corrected chi connectivity index (χ2v) is 12.6. The molecule has 39 heavy (non-hydrogen) atoms. The number of thiophene rings is 1. The molecule has 2 unspecified atom stereocenters. The van der Waals surface area contributed by atoms with Crippen LogP contribution in [0.3, 0.4) is 0 Å². The number of fused-ring (bicyclic) bond motifs is 5. The van der Waals surface area contributed by atoms with E-state index in [4.69, 9.17) is 9.47 Å². The standard InChI is InChI=1S/C29H32FN3O5S/c1-14-23-19-11-21(24(14)23)33(28(36)38-29(2,3)4)25(19)26(34)32-18(12-31)8-16-7-6-15(9-20(16)30)17-10-22(39-13-17)27(35)37-5/h6-7,9-10,13-14,18-19,21,23-25H,8,11H2,1-5H3,(H,32,34)/t14-,18-,19+,21-,23?,24?,25-/m0/s1. The molecule has 0 spiro atoms. The van der Waals surface area contributed by atoms with Gasteiger partial charge in [-0.25, -0.2) is 14.0 Å². The van der Waals surface area contributed by atoms with E-state index < -0.39 is 41.5 Å². The molecular weight excluding hydrogens is 521 g/mol. The van der Waals surface area contributed by atoms with Gasteiger partial charge >= 0.3 is 12.1 Å². The van der Waals surface area contributed by atoms with Crippen molar-refractivity contribution in [2.75, 3.05) is 7.11 Å². The Kier molecular flexibility index (Phi) is 6.91. The van der Waals surface area contributed by atoms with Gasteiger partial charge in [0.2, 0.25) is 5.91 Å². The molecule has 2 saturated carbocycles. The number of halogens is 1. The van der Waals surface area contributed by atoms with Crippen molar-refractivity contribution < 1.29 is 28.2 Å². The van der Waals surface area contributed by atoms with Crippen molar-refractivity contribution in [1.29, 1.82) is 5.26 Å². The van der Waals surface area contributed by atoms with Gasteiger partial charge in [-0.2, -0.15) is 5.26 Å². The van der Waals surface area contributed by atoms with Crippen LogP contribution in [0, 0.1) is 40.8 Å². The Bertz CT molecular complexity index is 1360. The fraction of sp³-hybridized carbons (Fsp3) is 0.517. The SMILES string of the molecule is COC(=O)c1cc(-c2ccc(C[C@@H](C#N)NC(=O)[C@@H]3[C@@H]4C[C@@H](C5C4[C@@H]5C)N3C(=O)OC(C)(C)C)c(F)c2)cs1. The van der Waals surface area contributed by atoms with Gasteiger partial charge in [-0.1, -0.05) is 19.1 Å². The summed E-state index contributed by atoms with van der Waals surface area (Å²) in [6.45, 7) is 7.52. The largest absolute Gasteiger partial charge is 0.465 e. The fourth-order valence-electron chi connectivity index (χ4n) is 6.53. The van der Waals surface area contributed by atoms with Crippen molar-refractivity contribution in [3.05, 3.63) is 45.9 Å². The first-order valence-electron chi connectivity index (χ1n) is 13.1. The molecule has 2 heterocycles. The molecule has 7 atom stereocenters. The lowest BCUT2D eigenvalue weighted by Crippen LogP contribution is -2.56. The number of esters is 1. The summed E-state index contributed by atoms with van der Waals surface area (Å²) in [4.78, 5) is 40.4. The predicted molar refractivity (Wildman–Crippen MR) is 142 cm³/mol. The summed E-state index contributed by atoms with van der Waals surface area (Å²) in [5.41, 5.74) is 0.851. The number of methoxy groups -OCH3 is 1. The molecule has 2 aromatic rings. The Hall–Kier alpha value is -3.45. The highest BCUT2D eigenvalue weighted by atomic mass is 32.1. The third-order valence-corrected chi connectivity index (χ3v) is 9.08. The summed E-state index contributed by atoms with van der Waals surface area (Å²) < 4.78 is 25.4. The highest BCUT2D eigenvalue weighted by Gasteiger charge is 2.71. The maximum atomic E-state index is 15.1. The lowest BCUT2D eigenvalue weighted by Gasteiger charge is -2.35. The van der Waals surface area contributed by atoms with Crippen LogP contribution in [-0.2, 0) is 20.7 Å². The average Bonchev–Trinajstić information content (AvgIpc) is 3.28. The van der Waals surface area contributed by atoms with Crippen molar-refractivity contribution in [2.24, 2.45) is 23.7 Å². The molecular formula is C29H32FN3O5S. The van der Waals surface area contributed by atoms with Gasteiger partial charge in [-0.15, -0.1) is 11.3 Å². The van der Waals surface area contributed by atoms with E-state index in [1.165, 1.54) is 24.5 Å². The van der Waals surface area contributed by atoms with Crippen LogP contribution in [0.25, 0.3) is 11.1 Å². The molecule has 10 heteroatoms.